The van der Waals surface area contributed by atoms with E-state index in [1.165, 1.54) is 85.6 Å². The first kappa shape index (κ1) is 28.1. The molecule has 2 nitrogen and oxygen atoms in total. The average Bonchev–Trinajstić information content (AvgIpc) is 3.24. The van der Waals surface area contributed by atoms with E-state index < -0.39 is 0 Å². The van der Waals surface area contributed by atoms with Crippen LogP contribution in [0.2, 0.25) is 0 Å². The highest BCUT2D eigenvalue weighted by atomic mass is 15.2. The summed E-state index contributed by atoms with van der Waals surface area (Å²) in [7, 11) is 0. The highest BCUT2D eigenvalue weighted by Gasteiger charge is 2.28. The molecule has 0 fully saturated rings. The van der Waals surface area contributed by atoms with Crippen molar-refractivity contribution in [1.29, 1.82) is 0 Å². The summed E-state index contributed by atoms with van der Waals surface area (Å²) < 4.78 is 1.43. The zero-order valence-corrected chi connectivity index (χ0v) is 23.2. The molecule has 0 saturated carbocycles. The van der Waals surface area contributed by atoms with Crippen LogP contribution in [0.15, 0.2) is 60.2 Å². The lowest BCUT2D eigenvalue weighted by molar-refractivity contribution is -0.344. The van der Waals surface area contributed by atoms with Crippen molar-refractivity contribution in [2.24, 2.45) is 0 Å². The van der Waals surface area contributed by atoms with Crippen LogP contribution in [0.4, 0.5) is 0 Å². The van der Waals surface area contributed by atoms with Crippen LogP contribution in [0.25, 0.3) is 16.9 Å². The fourth-order valence-corrected chi connectivity index (χ4v) is 5.16. The Morgan fingerprint density at radius 3 is 1.56 bits per heavy atom. The van der Waals surface area contributed by atoms with E-state index in [0.717, 1.165) is 54.6 Å². The third-order valence-electron chi connectivity index (χ3n) is 7.47. The first-order valence-corrected chi connectivity index (χ1v) is 14.8. The second-order valence-corrected chi connectivity index (χ2v) is 10.5. The van der Waals surface area contributed by atoms with E-state index in [4.69, 9.17) is 0 Å². The van der Waals surface area contributed by atoms with E-state index in [9.17, 15) is 5.53 Å². The number of nitrogens with zero attached hydrogens (tertiary/aromatic N) is 2. The van der Waals surface area contributed by atoms with E-state index in [1.54, 1.807) is 0 Å². The zero-order valence-electron chi connectivity index (χ0n) is 23.2. The second kappa shape index (κ2) is 15.6. The van der Waals surface area contributed by atoms with Crippen molar-refractivity contribution in [2.75, 3.05) is 0 Å². The number of rotatable bonds is 17. The minimum Gasteiger partial charge on any atom is -0.493 e. The van der Waals surface area contributed by atoms with Crippen LogP contribution < -0.4 is 0 Å². The third-order valence-corrected chi connectivity index (χ3v) is 7.47. The minimum atomic E-state index is 0.893. The van der Waals surface area contributed by atoms with Crippen LogP contribution >= 0.6 is 0 Å². The van der Waals surface area contributed by atoms with Crippen LogP contribution in [-0.4, -0.2) is 4.70 Å². The summed E-state index contributed by atoms with van der Waals surface area (Å²) in [5.74, 6) is 0. The molecule has 0 aliphatic carbocycles. The molecule has 36 heavy (non-hydrogen) atoms. The molecule has 0 atom stereocenters. The van der Waals surface area contributed by atoms with Crippen molar-refractivity contribution >= 4 is 11.4 Å². The third kappa shape index (κ3) is 8.29. The summed E-state index contributed by atoms with van der Waals surface area (Å²) in [4.78, 5) is 0. The van der Waals surface area contributed by atoms with Crippen LogP contribution in [0.1, 0.15) is 126 Å². The van der Waals surface area contributed by atoms with Gasteiger partial charge in [-0.15, -0.1) is 0 Å². The van der Waals surface area contributed by atoms with E-state index in [-0.39, 0.29) is 0 Å². The Kier molecular flexibility index (Phi) is 12.2. The van der Waals surface area contributed by atoms with Gasteiger partial charge in [-0.2, -0.15) is 0 Å². The number of hydrogen-bond acceptors (Lipinski definition) is 0. The molecule has 1 heterocycles. The van der Waals surface area contributed by atoms with Crippen LogP contribution in [0.5, 0.6) is 0 Å². The molecule has 0 radical (unpaired) electrons. The zero-order chi connectivity index (χ0) is 25.6. The molecule has 3 rings (SSSR count). The number of aryl methyl sites for hydroxylation is 2. The lowest BCUT2D eigenvalue weighted by atomic mass is 10.00. The van der Waals surface area contributed by atoms with Crippen molar-refractivity contribution in [3.63, 3.8) is 0 Å². The molecule has 0 amide bonds. The SMILES string of the molecule is CCCCCCCCc1ccc(C2=C(CCCC)C=C(c3ccc(CCCCCC)cc3)[N+]2=[N-])cc1. The van der Waals surface area contributed by atoms with E-state index in [1.807, 2.05) is 0 Å². The average molecular weight is 485 g/mol. The standard InChI is InChI=1S/C34H48N2/c1-4-7-10-12-13-15-17-29-21-25-31(26-22-29)34-32(18-9-6-3)27-33(36(34)35)30-23-19-28(20-24-30)16-14-11-8-5-2/h19-27H,4-18H2,1-3H3. The summed E-state index contributed by atoms with van der Waals surface area (Å²) in [6.45, 7) is 6.76. The van der Waals surface area contributed by atoms with Gasteiger partial charge < -0.3 is 5.53 Å². The Hall–Kier alpha value is -2.48. The fraction of sp³-hybridized carbons (Fsp3) is 0.529. The van der Waals surface area contributed by atoms with Crippen molar-refractivity contribution in [1.82, 2.24) is 0 Å². The predicted molar refractivity (Wildman–Crippen MR) is 156 cm³/mol. The highest BCUT2D eigenvalue weighted by Crippen LogP contribution is 2.37. The summed E-state index contributed by atoms with van der Waals surface area (Å²) in [5.41, 5.74) is 19.4. The maximum atomic E-state index is 11.3. The van der Waals surface area contributed by atoms with Gasteiger partial charge in [-0.3, -0.25) is 0 Å². The molecular formula is C34H48N2. The quantitative estimate of drug-likeness (QED) is 0.158. The summed E-state index contributed by atoms with van der Waals surface area (Å²) in [6, 6.07) is 17.7. The van der Waals surface area contributed by atoms with Crippen molar-refractivity contribution in [3.05, 3.63) is 88.0 Å². The Morgan fingerprint density at radius 1 is 0.528 bits per heavy atom. The van der Waals surface area contributed by atoms with Gasteiger partial charge >= 0.3 is 0 Å². The van der Waals surface area contributed by atoms with Crippen LogP contribution in [0, 0.1) is 0 Å². The maximum Gasteiger partial charge on any atom is 0.210 e. The summed E-state index contributed by atoms with van der Waals surface area (Å²) in [5, 5.41) is 0. The first-order chi connectivity index (χ1) is 17.7. The van der Waals surface area contributed by atoms with Crippen molar-refractivity contribution in [3.8, 4) is 0 Å². The molecular weight excluding hydrogens is 436 g/mol. The fourth-order valence-electron chi connectivity index (χ4n) is 5.16. The van der Waals surface area contributed by atoms with Gasteiger partial charge in [0.2, 0.25) is 11.4 Å². The van der Waals surface area contributed by atoms with Gasteiger partial charge in [0, 0.05) is 22.8 Å². The second-order valence-electron chi connectivity index (χ2n) is 10.5. The van der Waals surface area contributed by atoms with Gasteiger partial charge in [-0.1, -0.05) is 103 Å². The molecule has 2 aromatic carbocycles. The summed E-state index contributed by atoms with van der Waals surface area (Å²) >= 11 is 0. The molecule has 2 aromatic rings. The summed E-state index contributed by atoms with van der Waals surface area (Å²) in [6.07, 6.45) is 20.9. The van der Waals surface area contributed by atoms with Crippen molar-refractivity contribution < 1.29 is 4.70 Å². The molecule has 0 bridgehead atoms. The van der Waals surface area contributed by atoms with Gasteiger partial charge in [0.1, 0.15) is 0 Å². The minimum absolute atomic E-state index is 0.893. The molecule has 2 heteroatoms. The largest absolute Gasteiger partial charge is 0.493 e. The van der Waals surface area contributed by atoms with Crippen LogP contribution in [0.3, 0.4) is 0 Å². The van der Waals surface area contributed by atoms with E-state index in [0.29, 0.717) is 0 Å². The van der Waals surface area contributed by atoms with Gasteiger partial charge in [0.05, 0.1) is 0 Å². The monoisotopic (exact) mass is 484 g/mol. The number of hydrogen-bond donors (Lipinski definition) is 0. The Bertz CT molecular complexity index is 992. The van der Waals surface area contributed by atoms with Gasteiger partial charge in [0.15, 0.2) is 0 Å². The lowest BCUT2D eigenvalue weighted by Gasteiger charge is -2.11. The molecule has 1 aliphatic rings. The van der Waals surface area contributed by atoms with E-state index >= 15 is 0 Å². The molecule has 0 spiro atoms. The normalized spacial score (nSPS) is 13.5. The predicted octanol–water partition coefficient (Wildman–Crippen LogP) is 10.7. The molecule has 0 aromatic heterocycles. The van der Waals surface area contributed by atoms with Crippen LogP contribution in [-0.2, 0) is 12.8 Å². The smallest absolute Gasteiger partial charge is 0.210 e. The van der Waals surface area contributed by atoms with Gasteiger partial charge in [-0.25, -0.2) is 4.70 Å². The number of allylic oxidation sites excluding steroid dienone is 2. The lowest BCUT2D eigenvalue weighted by Crippen LogP contribution is -2.02. The van der Waals surface area contributed by atoms with Gasteiger partial charge in [-0.05, 0) is 73.9 Å². The van der Waals surface area contributed by atoms with Gasteiger partial charge in [0.25, 0.3) is 0 Å². The van der Waals surface area contributed by atoms with Crippen molar-refractivity contribution in [2.45, 2.75) is 117 Å². The topological polar surface area (TPSA) is 25.3 Å². The van der Waals surface area contributed by atoms with E-state index in [2.05, 4.69) is 75.4 Å². The molecule has 1 aliphatic heterocycles. The Balaban J connectivity index is 1.66. The first-order valence-electron chi connectivity index (χ1n) is 14.8. The molecule has 194 valence electrons. The maximum absolute atomic E-state index is 11.3. The Labute approximate surface area is 221 Å². The molecule has 0 N–H and O–H groups in total. The molecule has 0 unspecified atom stereocenters. The number of benzene rings is 2. The highest BCUT2D eigenvalue weighted by molar-refractivity contribution is 5.78. The number of unbranched alkanes of at least 4 members (excludes halogenated alkanes) is 9. The Morgan fingerprint density at radius 2 is 1.00 bits per heavy atom. The molecule has 0 saturated heterocycles.